The van der Waals surface area contributed by atoms with E-state index in [0.717, 1.165) is 6.42 Å². The third-order valence-corrected chi connectivity index (χ3v) is 10.8. The highest BCUT2D eigenvalue weighted by atomic mass is 15.2. The van der Waals surface area contributed by atoms with Crippen LogP contribution in [0.1, 0.15) is 22.3 Å². The molecule has 1 heterocycles. The van der Waals surface area contributed by atoms with Gasteiger partial charge in [-0.15, -0.1) is 0 Å². The number of nitrogens with zero attached hydrogens (tertiary/aromatic N) is 1. The molecule has 0 saturated heterocycles. The van der Waals surface area contributed by atoms with Gasteiger partial charge in [-0.05, 0) is 81.8 Å². The lowest BCUT2D eigenvalue weighted by molar-refractivity contribution is 1.17. The van der Waals surface area contributed by atoms with Crippen LogP contribution in [0, 0.1) is 13.8 Å². The summed E-state index contributed by atoms with van der Waals surface area (Å²) < 4.78 is 0. The summed E-state index contributed by atoms with van der Waals surface area (Å²) in [5.41, 5.74) is 16.7. The van der Waals surface area contributed by atoms with Crippen LogP contribution in [0.15, 0.2) is 152 Å². The molecule has 2 nitrogen and oxygen atoms in total. The molecule has 1 aliphatic rings. The Labute approximate surface area is 285 Å². The molecule has 49 heavy (non-hydrogen) atoms. The summed E-state index contributed by atoms with van der Waals surface area (Å²) >= 11 is 0. The van der Waals surface area contributed by atoms with Gasteiger partial charge in [0.1, 0.15) is 0 Å². The molecule has 1 aromatic heterocycles. The Hall–Kier alpha value is -6.12. The molecule has 232 valence electrons. The maximum absolute atomic E-state index is 3.83. The molecule has 0 atom stereocenters. The molecule has 1 aliphatic carbocycles. The van der Waals surface area contributed by atoms with E-state index in [1.165, 1.54) is 105 Å². The SMILES string of the molecule is Cc1c(C)c(N(c2cccc3ccccc23)c2cccc3ccccc23)c2c(c1-c1cccc3c1[nH]c1ccccc13)-c1ccccc1C2. The Morgan fingerprint density at radius 1 is 0.469 bits per heavy atom. The molecular weight excluding hydrogens is 593 g/mol. The number of fused-ring (bicyclic) bond motifs is 8. The van der Waals surface area contributed by atoms with Crippen molar-refractivity contribution in [1.82, 2.24) is 4.98 Å². The van der Waals surface area contributed by atoms with Crippen LogP contribution in [-0.4, -0.2) is 4.98 Å². The normalized spacial score (nSPS) is 12.2. The van der Waals surface area contributed by atoms with E-state index >= 15 is 0 Å². The van der Waals surface area contributed by atoms with E-state index in [2.05, 4.69) is 175 Å². The predicted molar refractivity (Wildman–Crippen MR) is 209 cm³/mol. The number of benzene rings is 8. The van der Waals surface area contributed by atoms with Gasteiger partial charge in [0.25, 0.3) is 0 Å². The zero-order valence-electron chi connectivity index (χ0n) is 27.6. The molecule has 0 bridgehead atoms. The smallest absolute Gasteiger partial charge is 0.0544 e. The average molecular weight is 627 g/mol. The fourth-order valence-corrected chi connectivity index (χ4v) is 8.52. The molecule has 0 amide bonds. The Morgan fingerprint density at radius 3 is 1.76 bits per heavy atom. The van der Waals surface area contributed by atoms with Gasteiger partial charge in [0.05, 0.1) is 22.6 Å². The summed E-state index contributed by atoms with van der Waals surface area (Å²) in [7, 11) is 0. The van der Waals surface area contributed by atoms with Crippen LogP contribution in [0.4, 0.5) is 17.1 Å². The fourth-order valence-electron chi connectivity index (χ4n) is 8.52. The topological polar surface area (TPSA) is 19.0 Å². The van der Waals surface area contributed by atoms with Gasteiger partial charge < -0.3 is 9.88 Å². The zero-order valence-corrected chi connectivity index (χ0v) is 27.6. The van der Waals surface area contributed by atoms with Crippen LogP contribution < -0.4 is 4.90 Å². The van der Waals surface area contributed by atoms with Crippen LogP contribution in [0.25, 0.3) is 65.6 Å². The minimum Gasteiger partial charge on any atom is -0.354 e. The van der Waals surface area contributed by atoms with E-state index in [4.69, 9.17) is 0 Å². The molecule has 0 fully saturated rings. The van der Waals surface area contributed by atoms with Gasteiger partial charge in [-0.3, -0.25) is 0 Å². The number of anilines is 3. The van der Waals surface area contributed by atoms with Crippen molar-refractivity contribution in [3.63, 3.8) is 0 Å². The number of H-pyrrole nitrogens is 1. The average Bonchev–Trinajstić information content (AvgIpc) is 3.72. The third kappa shape index (κ3) is 4.07. The summed E-state index contributed by atoms with van der Waals surface area (Å²) in [6.45, 7) is 4.67. The minimum absolute atomic E-state index is 0.879. The second-order valence-electron chi connectivity index (χ2n) is 13.4. The molecule has 10 rings (SSSR count). The number of hydrogen-bond acceptors (Lipinski definition) is 1. The molecule has 0 unspecified atom stereocenters. The molecule has 0 spiro atoms. The predicted octanol–water partition coefficient (Wildman–Crippen LogP) is 13.0. The Kier molecular flexibility index (Phi) is 6.10. The van der Waals surface area contributed by atoms with Crippen LogP contribution in [0.2, 0.25) is 0 Å². The second kappa shape index (κ2) is 10.7. The number of para-hydroxylation sites is 2. The highest BCUT2D eigenvalue weighted by Gasteiger charge is 2.33. The van der Waals surface area contributed by atoms with Gasteiger partial charge in [-0.1, -0.05) is 133 Å². The number of aromatic amines is 1. The van der Waals surface area contributed by atoms with Gasteiger partial charge in [0, 0.05) is 39.0 Å². The number of aromatic nitrogens is 1. The quantitative estimate of drug-likeness (QED) is 0.206. The Bertz CT molecular complexity index is 2690. The van der Waals surface area contributed by atoms with E-state index in [0.29, 0.717) is 0 Å². The van der Waals surface area contributed by atoms with Crippen molar-refractivity contribution in [2.45, 2.75) is 20.3 Å². The van der Waals surface area contributed by atoms with Gasteiger partial charge in [0.2, 0.25) is 0 Å². The summed E-state index contributed by atoms with van der Waals surface area (Å²) in [5, 5.41) is 7.49. The maximum Gasteiger partial charge on any atom is 0.0544 e. The summed E-state index contributed by atoms with van der Waals surface area (Å²) in [6, 6.07) is 55.5. The Balaban J connectivity index is 1.35. The first-order chi connectivity index (χ1) is 24.2. The summed E-state index contributed by atoms with van der Waals surface area (Å²) in [6.07, 6.45) is 0.879. The van der Waals surface area contributed by atoms with Gasteiger partial charge in [0.15, 0.2) is 0 Å². The van der Waals surface area contributed by atoms with Crippen molar-refractivity contribution < 1.29 is 0 Å². The first-order valence-corrected chi connectivity index (χ1v) is 17.2. The van der Waals surface area contributed by atoms with E-state index in [1.807, 2.05) is 0 Å². The lowest BCUT2D eigenvalue weighted by Crippen LogP contribution is -2.16. The highest BCUT2D eigenvalue weighted by molar-refractivity contribution is 6.15. The highest BCUT2D eigenvalue weighted by Crippen LogP contribution is 2.55. The van der Waals surface area contributed by atoms with Crippen LogP contribution in [-0.2, 0) is 6.42 Å². The third-order valence-electron chi connectivity index (χ3n) is 10.8. The second-order valence-corrected chi connectivity index (χ2v) is 13.4. The van der Waals surface area contributed by atoms with Gasteiger partial charge in [-0.2, -0.15) is 0 Å². The molecule has 0 radical (unpaired) electrons. The maximum atomic E-state index is 3.83. The van der Waals surface area contributed by atoms with Crippen LogP contribution >= 0.6 is 0 Å². The van der Waals surface area contributed by atoms with Crippen LogP contribution in [0.3, 0.4) is 0 Å². The lowest BCUT2D eigenvalue weighted by Gasteiger charge is -2.33. The standard InChI is InChI=1S/C47H34N2/c1-29-30(2)47(49(42-26-11-17-31-14-3-6-19-34(31)42)43-27-12-18-32-15-4-7-20-35(32)43)40-28-33-16-5-8-21-36(33)45(40)44(29)39-24-13-23-38-37-22-9-10-25-41(37)48-46(38)39/h3-27,48H,28H2,1-2H3. The summed E-state index contributed by atoms with van der Waals surface area (Å²) in [4.78, 5) is 6.40. The molecule has 8 aromatic carbocycles. The van der Waals surface area contributed by atoms with E-state index in [9.17, 15) is 0 Å². The molecule has 9 aromatic rings. The number of rotatable bonds is 4. The number of nitrogens with one attached hydrogen (secondary N) is 1. The first kappa shape index (κ1) is 27.9. The monoisotopic (exact) mass is 626 g/mol. The summed E-state index contributed by atoms with van der Waals surface area (Å²) in [5.74, 6) is 0. The molecule has 0 saturated carbocycles. The molecule has 2 heteroatoms. The number of hydrogen-bond donors (Lipinski definition) is 1. The molecule has 1 N–H and O–H groups in total. The van der Waals surface area contributed by atoms with E-state index in [-0.39, 0.29) is 0 Å². The lowest BCUT2D eigenvalue weighted by atomic mass is 9.85. The minimum atomic E-state index is 0.879. The Morgan fingerprint density at radius 2 is 1.02 bits per heavy atom. The molecule has 0 aliphatic heterocycles. The zero-order chi connectivity index (χ0) is 32.6. The van der Waals surface area contributed by atoms with Crippen molar-refractivity contribution >= 4 is 60.4 Å². The van der Waals surface area contributed by atoms with Crippen molar-refractivity contribution in [2.24, 2.45) is 0 Å². The van der Waals surface area contributed by atoms with E-state index < -0.39 is 0 Å². The van der Waals surface area contributed by atoms with Crippen molar-refractivity contribution in [2.75, 3.05) is 4.90 Å². The first-order valence-electron chi connectivity index (χ1n) is 17.2. The van der Waals surface area contributed by atoms with Crippen LogP contribution in [0.5, 0.6) is 0 Å². The van der Waals surface area contributed by atoms with Gasteiger partial charge in [-0.25, -0.2) is 0 Å². The van der Waals surface area contributed by atoms with Crippen molar-refractivity contribution in [3.8, 4) is 22.3 Å². The largest absolute Gasteiger partial charge is 0.354 e. The van der Waals surface area contributed by atoms with Crippen molar-refractivity contribution in [1.29, 1.82) is 0 Å². The fraction of sp³-hybridized carbons (Fsp3) is 0.0638. The van der Waals surface area contributed by atoms with E-state index in [1.54, 1.807) is 0 Å². The van der Waals surface area contributed by atoms with Crippen molar-refractivity contribution in [3.05, 3.63) is 174 Å². The molecular formula is C47H34N2. The van der Waals surface area contributed by atoms with Gasteiger partial charge >= 0.3 is 0 Å².